The molecule has 0 amide bonds. The Morgan fingerprint density at radius 1 is 1.26 bits per heavy atom. The molecule has 0 aliphatic carbocycles. The van der Waals surface area contributed by atoms with Crippen molar-refractivity contribution in [2.45, 2.75) is 17.7 Å². The molecule has 1 heterocycles. The minimum absolute atomic E-state index is 0.0255. The molecule has 1 aliphatic heterocycles. The van der Waals surface area contributed by atoms with E-state index >= 15 is 0 Å². The SMILES string of the molecule is COc1ccc(B(O)O)cc1S(=O)(=O)N1CCCC1. The number of sulfonamides is 1. The van der Waals surface area contributed by atoms with Gasteiger partial charge in [0.15, 0.2) is 0 Å². The van der Waals surface area contributed by atoms with Gasteiger partial charge in [0.1, 0.15) is 10.6 Å². The first-order valence-electron chi connectivity index (χ1n) is 6.01. The van der Waals surface area contributed by atoms with Gasteiger partial charge < -0.3 is 14.8 Å². The molecule has 0 radical (unpaired) electrons. The van der Waals surface area contributed by atoms with Crippen molar-refractivity contribution in [3.05, 3.63) is 18.2 Å². The van der Waals surface area contributed by atoms with E-state index in [1.807, 2.05) is 0 Å². The van der Waals surface area contributed by atoms with E-state index in [0.717, 1.165) is 12.8 Å². The monoisotopic (exact) mass is 285 g/mol. The first-order valence-corrected chi connectivity index (χ1v) is 7.45. The smallest absolute Gasteiger partial charge is 0.488 e. The Hall–Kier alpha value is -1.09. The normalized spacial score (nSPS) is 16.6. The second-order valence-corrected chi connectivity index (χ2v) is 6.30. The summed E-state index contributed by atoms with van der Waals surface area (Å²) in [6, 6.07) is 4.10. The van der Waals surface area contributed by atoms with E-state index in [9.17, 15) is 8.42 Å². The molecule has 104 valence electrons. The molecule has 0 saturated carbocycles. The second-order valence-electron chi connectivity index (χ2n) is 4.40. The lowest BCUT2D eigenvalue weighted by Gasteiger charge is -2.18. The van der Waals surface area contributed by atoms with Gasteiger partial charge >= 0.3 is 7.12 Å². The van der Waals surface area contributed by atoms with Crippen molar-refractivity contribution in [3.63, 3.8) is 0 Å². The first-order chi connectivity index (χ1) is 8.96. The number of nitrogens with zero attached hydrogens (tertiary/aromatic N) is 1. The standard InChI is InChI=1S/C11H16BNO5S/c1-18-10-5-4-9(12(14)15)8-11(10)19(16,17)13-6-2-3-7-13/h4-5,8,14-15H,2-3,6-7H2,1H3. The summed E-state index contributed by atoms with van der Waals surface area (Å²) in [4.78, 5) is -0.0255. The van der Waals surface area contributed by atoms with Gasteiger partial charge in [-0.25, -0.2) is 8.42 Å². The van der Waals surface area contributed by atoms with E-state index in [1.54, 1.807) is 0 Å². The van der Waals surface area contributed by atoms with E-state index in [0.29, 0.717) is 13.1 Å². The lowest BCUT2D eigenvalue weighted by atomic mass is 9.80. The highest BCUT2D eigenvalue weighted by atomic mass is 32.2. The Bertz CT molecular complexity index is 554. The number of hydrogen-bond acceptors (Lipinski definition) is 5. The molecule has 1 aromatic rings. The van der Waals surface area contributed by atoms with Crippen molar-refractivity contribution in [3.8, 4) is 5.75 Å². The summed E-state index contributed by atoms with van der Waals surface area (Å²) in [6.45, 7) is 0.967. The van der Waals surface area contributed by atoms with E-state index in [-0.39, 0.29) is 16.1 Å². The van der Waals surface area contributed by atoms with Crippen LogP contribution in [0.3, 0.4) is 0 Å². The molecule has 19 heavy (non-hydrogen) atoms. The third kappa shape index (κ3) is 2.76. The summed E-state index contributed by atoms with van der Waals surface area (Å²) in [5.41, 5.74) is 0.124. The van der Waals surface area contributed by atoms with Crippen molar-refractivity contribution < 1.29 is 23.2 Å². The van der Waals surface area contributed by atoms with E-state index in [1.165, 1.54) is 29.6 Å². The third-order valence-electron chi connectivity index (χ3n) is 3.17. The van der Waals surface area contributed by atoms with Crippen molar-refractivity contribution in [2.75, 3.05) is 20.2 Å². The molecule has 0 atom stereocenters. The first kappa shape index (κ1) is 14.3. The molecule has 6 nitrogen and oxygen atoms in total. The summed E-state index contributed by atoms with van der Waals surface area (Å²) < 4.78 is 31.4. The van der Waals surface area contributed by atoms with Gasteiger partial charge in [0.2, 0.25) is 10.0 Å². The van der Waals surface area contributed by atoms with Crippen molar-refractivity contribution in [1.82, 2.24) is 4.31 Å². The fourth-order valence-electron chi connectivity index (χ4n) is 2.12. The minimum Gasteiger partial charge on any atom is -0.495 e. The number of benzene rings is 1. The van der Waals surface area contributed by atoms with Crippen LogP contribution in [0.2, 0.25) is 0 Å². The van der Waals surface area contributed by atoms with Gasteiger partial charge in [-0.2, -0.15) is 4.31 Å². The molecule has 2 rings (SSSR count). The van der Waals surface area contributed by atoms with Crippen molar-refractivity contribution >= 4 is 22.6 Å². The van der Waals surface area contributed by atoms with Crippen LogP contribution in [0.25, 0.3) is 0 Å². The molecule has 1 aliphatic rings. The molecule has 8 heteroatoms. The second kappa shape index (κ2) is 5.50. The zero-order valence-electron chi connectivity index (χ0n) is 10.6. The van der Waals surface area contributed by atoms with Crippen LogP contribution in [0.1, 0.15) is 12.8 Å². The van der Waals surface area contributed by atoms with Gasteiger partial charge in [0.25, 0.3) is 0 Å². The summed E-state index contributed by atoms with van der Waals surface area (Å²) in [5, 5.41) is 18.3. The van der Waals surface area contributed by atoms with Crippen LogP contribution in [-0.2, 0) is 10.0 Å². The summed E-state index contributed by atoms with van der Waals surface area (Å²) in [6.07, 6.45) is 1.67. The predicted molar refractivity (Wildman–Crippen MR) is 70.8 cm³/mol. The van der Waals surface area contributed by atoms with Crippen LogP contribution in [0, 0.1) is 0 Å². The van der Waals surface area contributed by atoms with Gasteiger partial charge in [-0.3, -0.25) is 0 Å². The average Bonchev–Trinajstić information content (AvgIpc) is 2.92. The van der Waals surface area contributed by atoms with E-state index in [2.05, 4.69) is 0 Å². The van der Waals surface area contributed by atoms with Gasteiger partial charge in [-0.1, -0.05) is 6.07 Å². The average molecular weight is 285 g/mol. The maximum absolute atomic E-state index is 12.5. The van der Waals surface area contributed by atoms with Crippen molar-refractivity contribution in [2.24, 2.45) is 0 Å². The number of ether oxygens (including phenoxy) is 1. The zero-order chi connectivity index (χ0) is 14.0. The maximum Gasteiger partial charge on any atom is 0.488 e. The zero-order valence-corrected chi connectivity index (χ0v) is 11.4. The van der Waals surface area contributed by atoms with Gasteiger partial charge in [-0.15, -0.1) is 0 Å². The topological polar surface area (TPSA) is 87.1 Å². The van der Waals surface area contributed by atoms with Crippen LogP contribution in [0.5, 0.6) is 5.75 Å². The fraction of sp³-hybridized carbons (Fsp3) is 0.455. The Morgan fingerprint density at radius 3 is 2.42 bits per heavy atom. The molecular formula is C11H16BNO5S. The Balaban J connectivity index is 2.49. The Morgan fingerprint density at radius 2 is 1.89 bits per heavy atom. The van der Waals surface area contributed by atoms with Gasteiger partial charge in [0.05, 0.1) is 7.11 Å². The largest absolute Gasteiger partial charge is 0.495 e. The molecule has 2 N–H and O–H groups in total. The lowest BCUT2D eigenvalue weighted by Crippen LogP contribution is -2.33. The molecule has 0 unspecified atom stereocenters. The van der Waals surface area contributed by atoms with Gasteiger partial charge in [0, 0.05) is 13.1 Å². The van der Waals surface area contributed by atoms with E-state index < -0.39 is 17.1 Å². The third-order valence-corrected chi connectivity index (χ3v) is 5.09. The number of rotatable bonds is 4. The number of hydrogen-bond donors (Lipinski definition) is 2. The Kier molecular flexibility index (Phi) is 4.15. The molecule has 1 aromatic carbocycles. The molecule has 1 fully saturated rings. The summed E-state index contributed by atoms with van der Waals surface area (Å²) >= 11 is 0. The van der Waals surface area contributed by atoms with Crippen LogP contribution in [0.15, 0.2) is 23.1 Å². The maximum atomic E-state index is 12.5. The quantitative estimate of drug-likeness (QED) is 0.704. The van der Waals surface area contributed by atoms with Crippen LogP contribution >= 0.6 is 0 Å². The lowest BCUT2D eigenvalue weighted by molar-refractivity contribution is 0.398. The number of methoxy groups -OCH3 is 1. The molecule has 0 spiro atoms. The Labute approximate surface area is 112 Å². The van der Waals surface area contributed by atoms with Gasteiger partial charge in [-0.05, 0) is 30.4 Å². The fourth-order valence-corrected chi connectivity index (χ4v) is 3.83. The highest BCUT2D eigenvalue weighted by Gasteiger charge is 2.30. The highest BCUT2D eigenvalue weighted by Crippen LogP contribution is 2.27. The van der Waals surface area contributed by atoms with Crippen molar-refractivity contribution in [1.29, 1.82) is 0 Å². The molecule has 0 bridgehead atoms. The highest BCUT2D eigenvalue weighted by molar-refractivity contribution is 7.89. The predicted octanol–water partition coefficient (Wildman–Crippen LogP) is -0.841. The summed E-state index contributed by atoms with van der Waals surface area (Å²) in [5.74, 6) is 0.205. The summed E-state index contributed by atoms with van der Waals surface area (Å²) in [7, 11) is -3.98. The van der Waals surface area contributed by atoms with Crippen LogP contribution < -0.4 is 10.2 Å². The molecular weight excluding hydrogens is 269 g/mol. The molecule has 1 saturated heterocycles. The van der Waals surface area contributed by atoms with E-state index in [4.69, 9.17) is 14.8 Å². The molecule has 0 aromatic heterocycles. The van der Waals surface area contributed by atoms with Crippen LogP contribution in [-0.4, -0.2) is 50.1 Å². The minimum atomic E-state index is -3.65. The van der Waals surface area contributed by atoms with Crippen LogP contribution in [0.4, 0.5) is 0 Å².